The van der Waals surface area contributed by atoms with Crippen LogP contribution >= 0.6 is 0 Å². The molecule has 7 heteroatoms. The first-order valence-electron chi connectivity index (χ1n) is 10.2. The third kappa shape index (κ3) is 3.82. The van der Waals surface area contributed by atoms with E-state index in [1.165, 1.54) is 28.1 Å². The minimum Gasteiger partial charge on any atom is -0.478 e. The van der Waals surface area contributed by atoms with Gasteiger partial charge >= 0.3 is 5.97 Å². The minimum atomic E-state index is -3.65. The van der Waals surface area contributed by atoms with Crippen LogP contribution in [0.15, 0.2) is 53.4 Å². The highest BCUT2D eigenvalue weighted by atomic mass is 32.2. The predicted octanol–water partition coefficient (Wildman–Crippen LogP) is 4.34. The Morgan fingerprint density at radius 2 is 1.73 bits per heavy atom. The average molecular weight is 425 g/mol. The fourth-order valence-corrected chi connectivity index (χ4v) is 5.40. The van der Waals surface area contributed by atoms with E-state index in [9.17, 15) is 18.3 Å². The van der Waals surface area contributed by atoms with Crippen molar-refractivity contribution in [3.05, 3.63) is 59.7 Å². The van der Waals surface area contributed by atoms with Crippen molar-refractivity contribution in [3.63, 3.8) is 0 Å². The molecule has 1 saturated heterocycles. The van der Waals surface area contributed by atoms with Crippen LogP contribution in [-0.2, 0) is 16.4 Å². The number of aryl methyl sites for hydroxylation is 1. The van der Waals surface area contributed by atoms with Gasteiger partial charge in [0.1, 0.15) is 0 Å². The van der Waals surface area contributed by atoms with Crippen molar-refractivity contribution >= 4 is 26.9 Å². The third-order valence-electron chi connectivity index (χ3n) is 5.62. The molecule has 1 aromatic heterocycles. The Balaban J connectivity index is 1.82. The van der Waals surface area contributed by atoms with Gasteiger partial charge in [0.05, 0.1) is 21.7 Å². The molecule has 0 radical (unpaired) electrons. The Hall–Kier alpha value is -2.77. The van der Waals surface area contributed by atoms with E-state index in [4.69, 9.17) is 0 Å². The first kappa shape index (κ1) is 20.5. The highest BCUT2D eigenvalue weighted by Crippen LogP contribution is 2.29. The molecule has 0 saturated carbocycles. The second kappa shape index (κ2) is 8.16. The van der Waals surface area contributed by atoms with Crippen molar-refractivity contribution in [2.24, 2.45) is 0 Å². The van der Waals surface area contributed by atoms with E-state index in [1.807, 2.05) is 24.3 Å². The average Bonchev–Trinajstić information content (AvgIpc) is 2.78. The Labute approximate surface area is 176 Å². The summed E-state index contributed by atoms with van der Waals surface area (Å²) in [6, 6.07) is 13.9. The Morgan fingerprint density at radius 3 is 2.37 bits per heavy atom. The summed E-state index contributed by atoms with van der Waals surface area (Å²) in [6.07, 6.45) is 3.63. The molecule has 1 N–H and O–H groups in total. The summed E-state index contributed by atoms with van der Waals surface area (Å²) in [5, 5.41) is 10.1. The molecule has 4 rings (SSSR count). The maximum Gasteiger partial charge on any atom is 0.336 e. The molecule has 0 atom stereocenters. The van der Waals surface area contributed by atoms with E-state index < -0.39 is 16.0 Å². The zero-order valence-electron chi connectivity index (χ0n) is 16.8. The molecule has 2 aromatic carbocycles. The number of pyridine rings is 1. The fraction of sp³-hybridized carbons (Fsp3) is 0.304. The molecule has 2 heterocycles. The zero-order chi connectivity index (χ0) is 21.3. The molecule has 1 fully saturated rings. The van der Waals surface area contributed by atoms with Crippen LogP contribution in [0, 0.1) is 0 Å². The van der Waals surface area contributed by atoms with Crippen LogP contribution in [0.2, 0.25) is 0 Å². The number of carboxylic acid groups (broad SMARTS) is 1. The van der Waals surface area contributed by atoms with Crippen LogP contribution < -0.4 is 0 Å². The van der Waals surface area contributed by atoms with E-state index in [2.05, 4.69) is 11.9 Å². The van der Waals surface area contributed by atoms with Crippen LogP contribution in [0.25, 0.3) is 22.2 Å². The molecular weight excluding hydrogens is 400 g/mol. The lowest BCUT2D eigenvalue weighted by atomic mass is 10.0. The van der Waals surface area contributed by atoms with Gasteiger partial charge in [0, 0.05) is 24.0 Å². The highest BCUT2D eigenvalue weighted by molar-refractivity contribution is 7.89. The van der Waals surface area contributed by atoms with Gasteiger partial charge in [-0.25, -0.2) is 18.2 Å². The number of hydrogen-bond donors (Lipinski definition) is 1. The molecule has 0 aliphatic carbocycles. The van der Waals surface area contributed by atoms with E-state index in [1.54, 1.807) is 6.07 Å². The van der Waals surface area contributed by atoms with Crippen LogP contribution in [0.1, 0.15) is 42.1 Å². The van der Waals surface area contributed by atoms with Crippen LogP contribution in [0.3, 0.4) is 0 Å². The van der Waals surface area contributed by atoms with Crippen LogP contribution in [-0.4, -0.2) is 41.9 Å². The Kier molecular flexibility index (Phi) is 5.58. The molecule has 0 bridgehead atoms. The Morgan fingerprint density at radius 1 is 1.03 bits per heavy atom. The molecule has 0 spiro atoms. The van der Waals surface area contributed by atoms with E-state index >= 15 is 0 Å². The smallest absolute Gasteiger partial charge is 0.336 e. The largest absolute Gasteiger partial charge is 0.478 e. The normalized spacial score (nSPS) is 15.4. The number of carboxylic acids is 1. The van der Waals surface area contributed by atoms with E-state index in [0.717, 1.165) is 31.2 Å². The molecule has 30 heavy (non-hydrogen) atoms. The SMILES string of the molecule is CCc1ccc(-c2cc(C(=O)O)c3cc(S(=O)(=O)N4CCCCC4)ccc3n2)cc1. The summed E-state index contributed by atoms with van der Waals surface area (Å²) in [5.74, 6) is -1.11. The summed E-state index contributed by atoms with van der Waals surface area (Å²) in [4.78, 5) is 16.7. The number of hydrogen-bond acceptors (Lipinski definition) is 4. The monoisotopic (exact) mass is 424 g/mol. The van der Waals surface area contributed by atoms with Crippen molar-refractivity contribution < 1.29 is 18.3 Å². The standard InChI is InChI=1S/C23H24N2O4S/c1-2-16-6-8-17(9-7-16)22-15-20(23(26)27)19-14-18(10-11-21(19)24-22)30(28,29)25-12-4-3-5-13-25/h6-11,14-15H,2-5,12-13H2,1H3,(H,26,27). The van der Waals surface area contributed by atoms with Crippen molar-refractivity contribution in [2.45, 2.75) is 37.5 Å². The maximum absolute atomic E-state index is 13.0. The number of carbonyl (C=O) groups is 1. The molecule has 1 aliphatic rings. The van der Waals surface area contributed by atoms with Gasteiger partial charge in [-0.1, -0.05) is 37.6 Å². The van der Waals surface area contributed by atoms with Crippen molar-refractivity contribution in [1.29, 1.82) is 0 Å². The van der Waals surface area contributed by atoms with Crippen molar-refractivity contribution in [1.82, 2.24) is 9.29 Å². The van der Waals surface area contributed by atoms with Crippen molar-refractivity contribution in [2.75, 3.05) is 13.1 Å². The number of benzene rings is 2. The molecule has 0 amide bonds. The van der Waals surface area contributed by atoms with E-state index in [-0.39, 0.29) is 10.5 Å². The van der Waals surface area contributed by atoms with Gasteiger partial charge in [-0.15, -0.1) is 0 Å². The number of sulfonamides is 1. The zero-order valence-corrected chi connectivity index (χ0v) is 17.7. The van der Waals surface area contributed by atoms with Gasteiger partial charge in [-0.2, -0.15) is 4.31 Å². The van der Waals surface area contributed by atoms with E-state index in [0.29, 0.717) is 29.7 Å². The lowest BCUT2D eigenvalue weighted by molar-refractivity contribution is 0.0699. The van der Waals surface area contributed by atoms with Gasteiger partial charge in [-0.3, -0.25) is 0 Å². The number of piperidine rings is 1. The summed E-state index contributed by atoms with van der Waals surface area (Å²) >= 11 is 0. The first-order chi connectivity index (χ1) is 14.4. The van der Waals surface area contributed by atoms with Gasteiger partial charge in [0.2, 0.25) is 10.0 Å². The molecule has 156 valence electrons. The molecule has 1 aliphatic heterocycles. The highest BCUT2D eigenvalue weighted by Gasteiger charge is 2.27. The molecule has 3 aromatic rings. The fourth-order valence-electron chi connectivity index (χ4n) is 3.86. The first-order valence-corrected chi connectivity index (χ1v) is 11.6. The molecule has 6 nitrogen and oxygen atoms in total. The number of aromatic carboxylic acids is 1. The maximum atomic E-state index is 13.0. The molecular formula is C23H24N2O4S. The number of rotatable bonds is 5. The lowest BCUT2D eigenvalue weighted by Crippen LogP contribution is -2.35. The van der Waals surface area contributed by atoms with Crippen LogP contribution in [0.5, 0.6) is 0 Å². The van der Waals surface area contributed by atoms with Gasteiger partial charge in [0.25, 0.3) is 0 Å². The quantitative estimate of drug-likeness (QED) is 0.658. The molecule has 0 unspecified atom stereocenters. The lowest BCUT2D eigenvalue weighted by Gasteiger charge is -2.26. The Bertz CT molecular complexity index is 1200. The predicted molar refractivity (Wildman–Crippen MR) is 116 cm³/mol. The third-order valence-corrected chi connectivity index (χ3v) is 7.52. The topological polar surface area (TPSA) is 87.6 Å². The van der Waals surface area contributed by atoms with Crippen molar-refractivity contribution in [3.8, 4) is 11.3 Å². The number of aromatic nitrogens is 1. The number of nitrogens with zero attached hydrogens (tertiary/aromatic N) is 2. The summed E-state index contributed by atoms with van der Waals surface area (Å²) < 4.78 is 27.5. The van der Waals surface area contributed by atoms with Gasteiger partial charge < -0.3 is 5.11 Å². The minimum absolute atomic E-state index is 0.0465. The summed E-state index contributed by atoms with van der Waals surface area (Å²) in [7, 11) is -3.65. The number of fused-ring (bicyclic) bond motifs is 1. The second-order valence-electron chi connectivity index (χ2n) is 7.55. The van der Waals surface area contributed by atoms with Crippen LogP contribution in [0.4, 0.5) is 0 Å². The summed E-state index contributed by atoms with van der Waals surface area (Å²) in [5.41, 5.74) is 3.06. The second-order valence-corrected chi connectivity index (χ2v) is 9.49. The van der Waals surface area contributed by atoms with Gasteiger partial charge in [-0.05, 0) is 49.1 Å². The summed E-state index contributed by atoms with van der Waals surface area (Å²) in [6.45, 7) is 3.07. The van der Waals surface area contributed by atoms with Gasteiger partial charge in [0.15, 0.2) is 0 Å².